The molecule has 0 aliphatic heterocycles. The summed E-state index contributed by atoms with van der Waals surface area (Å²) in [5, 5.41) is 12.4. The number of hydrogen-bond donors (Lipinski definition) is 2. The van der Waals surface area contributed by atoms with Crippen molar-refractivity contribution in [1.29, 1.82) is 0 Å². The molecule has 0 bridgehead atoms. The molecule has 1 rings (SSSR count). The molecule has 1 aliphatic rings. The smallest absolute Gasteiger partial charge is 0.323 e. The zero-order valence-corrected chi connectivity index (χ0v) is 9.75. The van der Waals surface area contributed by atoms with Crippen LogP contribution >= 0.6 is 0 Å². The monoisotopic (exact) mass is 215 g/mol. The van der Waals surface area contributed by atoms with Crippen LogP contribution < -0.4 is 5.32 Å². The second kappa shape index (κ2) is 4.94. The Kier molecular flexibility index (Phi) is 4.11. The molecule has 0 aromatic carbocycles. The van der Waals surface area contributed by atoms with Crippen molar-refractivity contribution in [2.24, 2.45) is 0 Å². The molecule has 15 heavy (non-hydrogen) atoms. The van der Waals surface area contributed by atoms with Crippen LogP contribution in [0.25, 0.3) is 0 Å². The molecule has 0 radical (unpaired) electrons. The summed E-state index contributed by atoms with van der Waals surface area (Å²) in [7, 11) is 0. The highest BCUT2D eigenvalue weighted by Crippen LogP contribution is 2.25. The van der Waals surface area contributed by atoms with Crippen LogP contribution in [0.1, 0.15) is 40.0 Å². The van der Waals surface area contributed by atoms with E-state index in [0.717, 1.165) is 12.8 Å². The lowest BCUT2D eigenvalue weighted by Crippen LogP contribution is -2.52. The van der Waals surface area contributed by atoms with Gasteiger partial charge in [-0.05, 0) is 33.6 Å². The third-order valence-corrected chi connectivity index (χ3v) is 2.72. The van der Waals surface area contributed by atoms with Gasteiger partial charge in [-0.25, -0.2) is 0 Å². The van der Waals surface area contributed by atoms with E-state index in [4.69, 9.17) is 4.74 Å². The van der Waals surface area contributed by atoms with Crippen molar-refractivity contribution >= 4 is 5.97 Å². The van der Waals surface area contributed by atoms with Crippen molar-refractivity contribution in [2.75, 3.05) is 6.61 Å². The van der Waals surface area contributed by atoms with Crippen molar-refractivity contribution in [3.63, 3.8) is 0 Å². The highest BCUT2D eigenvalue weighted by atomic mass is 16.5. The van der Waals surface area contributed by atoms with E-state index < -0.39 is 11.5 Å². The maximum atomic E-state index is 11.2. The molecule has 1 fully saturated rings. The van der Waals surface area contributed by atoms with E-state index in [9.17, 15) is 9.90 Å². The van der Waals surface area contributed by atoms with Crippen LogP contribution in [0.3, 0.4) is 0 Å². The minimum atomic E-state index is -0.851. The first kappa shape index (κ1) is 12.5. The number of rotatable bonds is 7. The predicted octanol–water partition coefficient (Wildman–Crippen LogP) is 1.40. The van der Waals surface area contributed by atoms with Gasteiger partial charge in [0.1, 0.15) is 5.54 Å². The average molecular weight is 215 g/mol. The van der Waals surface area contributed by atoms with E-state index in [1.807, 2.05) is 13.8 Å². The van der Waals surface area contributed by atoms with E-state index in [0.29, 0.717) is 19.1 Å². The van der Waals surface area contributed by atoms with Crippen LogP contribution in [-0.2, 0) is 9.53 Å². The molecule has 0 aromatic rings. The highest BCUT2D eigenvalue weighted by Gasteiger charge is 2.39. The Balaban J connectivity index is 2.50. The average Bonchev–Trinajstić information content (AvgIpc) is 2.87. The maximum Gasteiger partial charge on any atom is 0.323 e. The van der Waals surface area contributed by atoms with Crippen LogP contribution in [0.2, 0.25) is 0 Å². The number of carboxylic acids is 1. The van der Waals surface area contributed by atoms with Gasteiger partial charge in [0.2, 0.25) is 0 Å². The van der Waals surface area contributed by atoms with Crippen LogP contribution in [0.5, 0.6) is 0 Å². The van der Waals surface area contributed by atoms with Gasteiger partial charge in [-0.1, -0.05) is 0 Å². The van der Waals surface area contributed by atoms with Gasteiger partial charge in [0.25, 0.3) is 0 Å². The van der Waals surface area contributed by atoms with Crippen LogP contribution in [-0.4, -0.2) is 35.4 Å². The number of aliphatic carboxylic acids is 1. The van der Waals surface area contributed by atoms with Crippen molar-refractivity contribution in [1.82, 2.24) is 5.32 Å². The van der Waals surface area contributed by atoms with Gasteiger partial charge in [0.05, 0.1) is 6.10 Å². The summed E-state index contributed by atoms with van der Waals surface area (Å²) in [5.74, 6) is -0.791. The fraction of sp³-hybridized carbons (Fsp3) is 0.909. The van der Waals surface area contributed by atoms with Crippen LogP contribution in [0, 0.1) is 0 Å². The molecular formula is C11H21NO3. The molecule has 2 N–H and O–H groups in total. The normalized spacial score (nSPS) is 22.1. The standard InChI is InChI=1S/C11H21NO3/c1-4-15-8(2)7-11(3,10(13)14)12-9-5-6-9/h8-9,12H,4-7H2,1-3H3,(H,13,14). The first-order valence-corrected chi connectivity index (χ1v) is 5.60. The lowest BCUT2D eigenvalue weighted by molar-refractivity contribution is -0.146. The Bertz CT molecular complexity index is 228. The van der Waals surface area contributed by atoms with Crippen molar-refractivity contribution in [3.05, 3.63) is 0 Å². The second-order valence-electron chi connectivity index (χ2n) is 4.53. The zero-order valence-electron chi connectivity index (χ0n) is 9.75. The lowest BCUT2D eigenvalue weighted by atomic mass is 9.94. The highest BCUT2D eigenvalue weighted by molar-refractivity contribution is 5.78. The van der Waals surface area contributed by atoms with E-state index in [1.165, 1.54) is 0 Å². The zero-order chi connectivity index (χ0) is 11.5. The SMILES string of the molecule is CCOC(C)CC(C)(NC1CC1)C(=O)O. The largest absolute Gasteiger partial charge is 0.480 e. The van der Waals surface area contributed by atoms with Gasteiger partial charge >= 0.3 is 5.97 Å². The fourth-order valence-corrected chi connectivity index (χ4v) is 1.80. The number of carbonyl (C=O) groups is 1. The van der Waals surface area contributed by atoms with Gasteiger partial charge in [-0.2, -0.15) is 0 Å². The summed E-state index contributed by atoms with van der Waals surface area (Å²) in [6.45, 7) is 6.20. The molecular weight excluding hydrogens is 194 g/mol. The fourth-order valence-electron chi connectivity index (χ4n) is 1.80. The number of nitrogens with one attached hydrogen (secondary N) is 1. The molecule has 2 unspecified atom stereocenters. The first-order valence-electron chi connectivity index (χ1n) is 5.60. The number of carboxylic acid groups (broad SMARTS) is 1. The third kappa shape index (κ3) is 3.80. The summed E-state index contributed by atoms with van der Waals surface area (Å²) in [6, 6.07) is 0.389. The van der Waals surface area contributed by atoms with Gasteiger partial charge < -0.3 is 9.84 Å². The summed E-state index contributed by atoms with van der Waals surface area (Å²) in [4.78, 5) is 11.2. The molecule has 0 amide bonds. The van der Waals surface area contributed by atoms with Gasteiger partial charge in [-0.15, -0.1) is 0 Å². The summed E-state index contributed by atoms with van der Waals surface area (Å²) < 4.78 is 5.39. The van der Waals surface area contributed by atoms with Crippen molar-refractivity contribution in [2.45, 2.75) is 57.7 Å². The van der Waals surface area contributed by atoms with Crippen LogP contribution in [0.4, 0.5) is 0 Å². The van der Waals surface area contributed by atoms with Gasteiger partial charge in [0.15, 0.2) is 0 Å². The Hall–Kier alpha value is -0.610. The molecule has 0 saturated heterocycles. The number of hydrogen-bond acceptors (Lipinski definition) is 3. The van der Waals surface area contributed by atoms with Gasteiger partial charge in [0, 0.05) is 19.1 Å². The Morgan fingerprint density at radius 1 is 1.67 bits per heavy atom. The molecule has 1 saturated carbocycles. The Morgan fingerprint density at radius 2 is 2.27 bits per heavy atom. The molecule has 1 aliphatic carbocycles. The maximum absolute atomic E-state index is 11.2. The third-order valence-electron chi connectivity index (χ3n) is 2.72. The van der Waals surface area contributed by atoms with E-state index in [1.54, 1.807) is 6.92 Å². The van der Waals surface area contributed by atoms with Crippen LogP contribution in [0.15, 0.2) is 0 Å². The van der Waals surface area contributed by atoms with E-state index in [2.05, 4.69) is 5.32 Å². The quantitative estimate of drug-likeness (QED) is 0.674. The molecule has 88 valence electrons. The van der Waals surface area contributed by atoms with E-state index >= 15 is 0 Å². The molecule has 0 spiro atoms. The predicted molar refractivity (Wildman–Crippen MR) is 57.9 cm³/mol. The summed E-state index contributed by atoms with van der Waals surface area (Å²) in [5.41, 5.74) is -0.851. The van der Waals surface area contributed by atoms with Gasteiger partial charge in [-0.3, -0.25) is 10.1 Å². The van der Waals surface area contributed by atoms with E-state index in [-0.39, 0.29) is 6.10 Å². The van der Waals surface area contributed by atoms with Crippen molar-refractivity contribution in [3.8, 4) is 0 Å². The van der Waals surface area contributed by atoms with Crippen molar-refractivity contribution < 1.29 is 14.6 Å². The number of ether oxygens (including phenoxy) is 1. The summed E-state index contributed by atoms with van der Waals surface area (Å²) in [6.07, 6.45) is 2.66. The Labute approximate surface area is 91.0 Å². The molecule has 4 heteroatoms. The second-order valence-corrected chi connectivity index (χ2v) is 4.53. The summed E-state index contributed by atoms with van der Waals surface area (Å²) >= 11 is 0. The minimum Gasteiger partial charge on any atom is -0.480 e. The molecule has 2 atom stereocenters. The lowest BCUT2D eigenvalue weighted by Gasteiger charge is -2.29. The molecule has 4 nitrogen and oxygen atoms in total. The topological polar surface area (TPSA) is 58.6 Å². The first-order chi connectivity index (χ1) is 6.98. The Morgan fingerprint density at radius 3 is 2.67 bits per heavy atom. The molecule has 0 heterocycles. The minimum absolute atomic E-state index is 0.0256. The molecule has 0 aromatic heterocycles.